The highest BCUT2D eigenvalue weighted by atomic mass is 16.6. The Hall–Kier alpha value is -2.83. The number of carbonyl (C=O) groups excluding carboxylic acids is 2. The first kappa shape index (κ1) is 18.9. The van der Waals surface area contributed by atoms with Crippen molar-refractivity contribution in [1.29, 1.82) is 0 Å². The number of aryl methyl sites for hydroxylation is 1. The fourth-order valence-electron chi connectivity index (χ4n) is 3.59. The Kier molecular flexibility index (Phi) is 5.21. The first-order valence-corrected chi connectivity index (χ1v) is 9.15. The minimum atomic E-state index is -0.451. The van der Waals surface area contributed by atoms with Crippen LogP contribution >= 0.6 is 0 Å². The second-order valence-electron chi connectivity index (χ2n) is 7.32. The highest BCUT2D eigenvalue weighted by molar-refractivity contribution is 5.94. The minimum absolute atomic E-state index is 0.0162. The molecule has 1 aromatic heterocycles. The quantitative estimate of drug-likeness (QED) is 0.898. The number of hydrogen-bond donors (Lipinski definition) is 1. The normalized spacial score (nSPS) is 19.0. The molecule has 3 rings (SSSR count). The molecule has 2 heterocycles. The monoisotopic (exact) mass is 370 g/mol. The van der Waals surface area contributed by atoms with Crippen molar-refractivity contribution < 1.29 is 14.3 Å². The zero-order valence-electron chi connectivity index (χ0n) is 16.4. The van der Waals surface area contributed by atoms with Gasteiger partial charge in [0, 0.05) is 37.5 Å². The lowest BCUT2D eigenvalue weighted by atomic mass is 9.90. The second-order valence-corrected chi connectivity index (χ2v) is 7.32. The molecule has 7 heteroatoms. The van der Waals surface area contributed by atoms with Crippen molar-refractivity contribution in [2.75, 3.05) is 4.90 Å². The molecule has 1 aromatic carbocycles. The van der Waals surface area contributed by atoms with E-state index in [1.54, 1.807) is 18.2 Å². The van der Waals surface area contributed by atoms with E-state index in [2.05, 4.69) is 10.3 Å². The maximum Gasteiger partial charge on any atom is 0.407 e. The predicted octanol–water partition coefficient (Wildman–Crippen LogP) is 3.41. The van der Waals surface area contributed by atoms with Gasteiger partial charge in [0.15, 0.2) is 0 Å². The maximum atomic E-state index is 12.2. The summed E-state index contributed by atoms with van der Waals surface area (Å²) in [5, 5.41) is 2.96. The summed E-state index contributed by atoms with van der Waals surface area (Å²) in [6.07, 6.45) is 3.65. The molecule has 27 heavy (non-hydrogen) atoms. The third kappa shape index (κ3) is 3.97. The molecule has 0 fully saturated rings. The number of benzene rings is 1. The van der Waals surface area contributed by atoms with Crippen molar-refractivity contribution in [3.05, 3.63) is 36.3 Å². The molecule has 0 aliphatic carbocycles. The van der Waals surface area contributed by atoms with Gasteiger partial charge in [-0.15, -0.1) is 0 Å². The summed E-state index contributed by atoms with van der Waals surface area (Å²) in [5.74, 6) is -0.0162. The molecule has 2 unspecified atom stereocenters. The molecule has 7 nitrogen and oxygen atoms in total. The number of nitrogens with zero attached hydrogens (tertiary/aromatic N) is 3. The molecule has 0 saturated carbocycles. The van der Waals surface area contributed by atoms with Crippen molar-refractivity contribution in [3.63, 3.8) is 0 Å². The molecule has 1 aliphatic rings. The zero-order valence-corrected chi connectivity index (χ0v) is 16.4. The Bertz CT molecular complexity index is 859. The molecule has 144 valence electrons. The van der Waals surface area contributed by atoms with Gasteiger partial charge in [-0.1, -0.05) is 6.07 Å². The van der Waals surface area contributed by atoms with E-state index in [1.807, 2.05) is 56.8 Å². The summed E-state index contributed by atoms with van der Waals surface area (Å²) in [6.45, 7) is 7.18. The van der Waals surface area contributed by atoms with Gasteiger partial charge in [-0.2, -0.15) is 0 Å². The summed E-state index contributed by atoms with van der Waals surface area (Å²) in [5.41, 5.74) is 3.50. The van der Waals surface area contributed by atoms with Gasteiger partial charge < -0.3 is 19.5 Å². The van der Waals surface area contributed by atoms with Crippen LogP contribution in [-0.4, -0.2) is 33.7 Å². The van der Waals surface area contributed by atoms with Crippen molar-refractivity contribution in [2.45, 2.75) is 52.3 Å². The number of aromatic nitrogens is 2. The van der Waals surface area contributed by atoms with E-state index in [4.69, 9.17) is 4.74 Å². The van der Waals surface area contributed by atoms with E-state index in [1.165, 1.54) is 0 Å². The van der Waals surface area contributed by atoms with Crippen LogP contribution in [0.2, 0.25) is 0 Å². The number of imidazole rings is 1. The summed E-state index contributed by atoms with van der Waals surface area (Å²) >= 11 is 0. The molecule has 1 aliphatic heterocycles. The first-order chi connectivity index (χ1) is 12.8. The van der Waals surface area contributed by atoms with Gasteiger partial charge in [-0.3, -0.25) is 4.79 Å². The van der Waals surface area contributed by atoms with E-state index in [0.717, 1.165) is 22.5 Å². The Morgan fingerprint density at radius 2 is 2.07 bits per heavy atom. The fourth-order valence-corrected chi connectivity index (χ4v) is 3.59. The third-order valence-electron chi connectivity index (χ3n) is 4.65. The van der Waals surface area contributed by atoms with Gasteiger partial charge in [0.25, 0.3) is 0 Å². The summed E-state index contributed by atoms with van der Waals surface area (Å²) in [7, 11) is 1.92. The number of hydrogen-bond acceptors (Lipinski definition) is 4. The van der Waals surface area contributed by atoms with Crippen LogP contribution in [0.5, 0.6) is 0 Å². The molecule has 1 N–H and O–H groups in total. The fraction of sp³-hybridized carbons (Fsp3) is 0.450. The van der Waals surface area contributed by atoms with Crippen LogP contribution in [0.4, 0.5) is 10.5 Å². The lowest BCUT2D eigenvalue weighted by Crippen LogP contribution is -2.45. The lowest BCUT2D eigenvalue weighted by Gasteiger charge is -2.39. The van der Waals surface area contributed by atoms with E-state index in [9.17, 15) is 9.59 Å². The van der Waals surface area contributed by atoms with E-state index in [0.29, 0.717) is 6.42 Å². The van der Waals surface area contributed by atoms with E-state index in [-0.39, 0.29) is 24.1 Å². The van der Waals surface area contributed by atoms with Gasteiger partial charge >= 0.3 is 6.09 Å². The van der Waals surface area contributed by atoms with Gasteiger partial charge in [0.2, 0.25) is 5.91 Å². The number of anilines is 1. The Morgan fingerprint density at radius 1 is 1.33 bits per heavy atom. The Morgan fingerprint density at radius 3 is 2.67 bits per heavy atom. The van der Waals surface area contributed by atoms with Crippen molar-refractivity contribution in [3.8, 4) is 11.3 Å². The highest BCUT2D eigenvalue weighted by Gasteiger charge is 2.33. The minimum Gasteiger partial charge on any atom is -0.447 e. The third-order valence-corrected chi connectivity index (χ3v) is 4.65. The van der Waals surface area contributed by atoms with Crippen LogP contribution in [-0.2, 0) is 16.6 Å². The van der Waals surface area contributed by atoms with Crippen LogP contribution < -0.4 is 10.2 Å². The number of nitrogens with one attached hydrogen (secondary N) is 1. The molecular weight excluding hydrogens is 344 g/mol. The van der Waals surface area contributed by atoms with E-state index < -0.39 is 6.09 Å². The summed E-state index contributed by atoms with van der Waals surface area (Å²) in [4.78, 5) is 30.6. The zero-order chi connectivity index (χ0) is 19.7. The first-order valence-electron chi connectivity index (χ1n) is 9.15. The highest BCUT2D eigenvalue weighted by Crippen LogP contribution is 2.39. The van der Waals surface area contributed by atoms with Crippen LogP contribution in [0.1, 0.15) is 45.7 Å². The average Bonchev–Trinajstić information content (AvgIpc) is 2.99. The maximum absolute atomic E-state index is 12.2. The molecule has 2 amide bonds. The number of ether oxygens (including phenoxy) is 1. The number of rotatable bonds is 3. The van der Waals surface area contributed by atoms with Gasteiger partial charge in [0.1, 0.15) is 0 Å². The topological polar surface area (TPSA) is 76.5 Å². The number of alkyl carbamates (subject to hydrolysis) is 1. The van der Waals surface area contributed by atoms with Crippen LogP contribution in [0.25, 0.3) is 11.3 Å². The Balaban J connectivity index is 2.01. The molecular formula is C20H26N4O3. The smallest absolute Gasteiger partial charge is 0.407 e. The molecule has 0 spiro atoms. The number of carbonyl (C=O) groups is 2. The second kappa shape index (κ2) is 7.42. The van der Waals surface area contributed by atoms with Crippen molar-refractivity contribution in [1.82, 2.24) is 14.9 Å². The van der Waals surface area contributed by atoms with Gasteiger partial charge in [-0.25, -0.2) is 9.78 Å². The van der Waals surface area contributed by atoms with E-state index >= 15 is 0 Å². The Labute approximate surface area is 159 Å². The van der Waals surface area contributed by atoms with Crippen molar-refractivity contribution >= 4 is 17.7 Å². The summed E-state index contributed by atoms with van der Waals surface area (Å²) in [6, 6.07) is 5.62. The molecule has 2 atom stereocenters. The van der Waals surface area contributed by atoms with Gasteiger partial charge in [-0.05, 0) is 44.9 Å². The van der Waals surface area contributed by atoms with Gasteiger partial charge in [0.05, 0.1) is 24.2 Å². The average molecular weight is 370 g/mol. The van der Waals surface area contributed by atoms with Crippen molar-refractivity contribution in [2.24, 2.45) is 7.05 Å². The molecule has 0 bridgehead atoms. The van der Waals surface area contributed by atoms with Crippen LogP contribution in [0.15, 0.2) is 30.7 Å². The lowest BCUT2D eigenvalue weighted by molar-refractivity contribution is -0.117. The molecule has 2 aromatic rings. The predicted molar refractivity (Wildman–Crippen MR) is 103 cm³/mol. The van der Waals surface area contributed by atoms with Crippen LogP contribution in [0, 0.1) is 0 Å². The standard InChI is InChI=1S/C20H26N4O3/c1-12(2)27-20(26)22-17-8-13(3)24(14(4)25)19-7-6-15(9-16(17)19)18-10-23(5)11-21-18/h6-7,9-13,17H,8H2,1-5H3,(H,22,26). The number of fused-ring (bicyclic) bond motifs is 1. The summed E-state index contributed by atoms with van der Waals surface area (Å²) < 4.78 is 7.13. The SMILES string of the molecule is CC(=O)N1c2ccc(-c3cn(C)cn3)cc2C(NC(=O)OC(C)C)CC1C. The largest absolute Gasteiger partial charge is 0.447 e. The molecule has 0 saturated heterocycles. The van der Waals surface area contributed by atoms with Crippen LogP contribution in [0.3, 0.4) is 0 Å². The number of amides is 2. The molecule has 0 radical (unpaired) electrons.